The molecule has 0 amide bonds. The molecule has 3 atom stereocenters. The molecule has 0 bridgehead atoms. The normalized spacial score (nSPS) is 24.8. The molecule has 10 heteroatoms. The highest BCUT2D eigenvalue weighted by Gasteiger charge is 2.44. The Kier molecular flexibility index (Phi) is 8.02. The van der Waals surface area contributed by atoms with E-state index in [4.69, 9.17) is 24.1 Å². The van der Waals surface area contributed by atoms with E-state index in [1.165, 1.54) is 6.42 Å². The lowest BCUT2D eigenvalue weighted by atomic mass is 10.0. The summed E-state index contributed by atoms with van der Waals surface area (Å²) in [6, 6.07) is 4.49. The molecule has 0 unspecified atom stereocenters. The van der Waals surface area contributed by atoms with Crippen molar-refractivity contribution in [3.63, 3.8) is 0 Å². The van der Waals surface area contributed by atoms with Gasteiger partial charge in [-0.05, 0) is 25.8 Å². The summed E-state index contributed by atoms with van der Waals surface area (Å²) in [5, 5.41) is 7.12. The molecule has 2 saturated heterocycles. The average molecular weight is 406 g/mol. The molecule has 28 heavy (non-hydrogen) atoms. The molecule has 0 radical (unpaired) electrons. The van der Waals surface area contributed by atoms with E-state index in [1.54, 1.807) is 13.3 Å². The summed E-state index contributed by atoms with van der Waals surface area (Å²) in [5.41, 5.74) is 1.13. The summed E-state index contributed by atoms with van der Waals surface area (Å²) in [5.74, 6) is -2.04. The van der Waals surface area contributed by atoms with Crippen LogP contribution in [0, 0.1) is 0 Å². The number of ether oxygens (including phenoxy) is 3. The highest BCUT2D eigenvalue weighted by Crippen LogP contribution is 2.32. The number of carboxylic acids is 1. The predicted octanol–water partition coefficient (Wildman–Crippen LogP) is 2.49. The fraction of sp³-hybridized carbons (Fsp3) is 0.667. The number of rotatable bonds is 5. The van der Waals surface area contributed by atoms with Crippen molar-refractivity contribution < 1.29 is 37.3 Å². The molecular weight excluding hydrogens is 381 g/mol. The zero-order valence-electron chi connectivity index (χ0n) is 15.8. The highest BCUT2D eigenvalue weighted by molar-refractivity contribution is 5.73. The van der Waals surface area contributed by atoms with Crippen molar-refractivity contribution in [3.05, 3.63) is 23.9 Å². The summed E-state index contributed by atoms with van der Waals surface area (Å²) in [7, 11) is 1.67. The van der Waals surface area contributed by atoms with Crippen molar-refractivity contribution in [2.75, 3.05) is 26.9 Å². The van der Waals surface area contributed by atoms with Crippen LogP contribution in [0.15, 0.2) is 18.3 Å². The number of methoxy groups -OCH3 is 1. The predicted molar refractivity (Wildman–Crippen MR) is 93.1 cm³/mol. The molecule has 158 valence electrons. The molecule has 3 heterocycles. The highest BCUT2D eigenvalue weighted by atomic mass is 19.4. The van der Waals surface area contributed by atoms with Crippen LogP contribution in [0.5, 0.6) is 5.88 Å². The van der Waals surface area contributed by atoms with Crippen molar-refractivity contribution in [3.8, 4) is 5.88 Å². The van der Waals surface area contributed by atoms with Crippen molar-refractivity contribution in [1.29, 1.82) is 0 Å². The molecule has 1 aromatic rings. The summed E-state index contributed by atoms with van der Waals surface area (Å²) in [4.78, 5) is 15.6. The molecule has 7 nitrogen and oxygen atoms in total. The van der Waals surface area contributed by atoms with Gasteiger partial charge in [0.1, 0.15) is 6.10 Å². The summed E-state index contributed by atoms with van der Waals surface area (Å²) in [6.45, 7) is 5.40. The lowest BCUT2D eigenvalue weighted by Gasteiger charge is -2.32. The van der Waals surface area contributed by atoms with Gasteiger partial charge < -0.3 is 19.3 Å². The van der Waals surface area contributed by atoms with Gasteiger partial charge >= 0.3 is 12.1 Å². The Hall–Kier alpha value is -1.91. The van der Waals surface area contributed by atoms with Gasteiger partial charge in [-0.1, -0.05) is 6.07 Å². The lowest BCUT2D eigenvalue weighted by Crippen LogP contribution is -2.41. The minimum absolute atomic E-state index is 0.183. The first kappa shape index (κ1) is 22.4. The van der Waals surface area contributed by atoms with E-state index < -0.39 is 12.1 Å². The molecule has 0 aromatic carbocycles. The third-order valence-electron chi connectivity index (χ3n) is 4.62. The zero-order chi connectivity index (χ0) is 20.7. The minimum Gasteiger partial charge on any atom is -0.481 e. The van der Waals surface area contributed by atoms with Gasteiger partial charge in [-0.2, -0.15) is 13.2 Å². The van der Waals surface area contributed by atoms with Crippen LogP contribution in [0.1, 0.15) is 25.3 Å². The van der Waals surface area contributed by atoms with E-state index in [0.717, 1.165) is 38.3 Å². The van der Waals surface area contributed by atoms with Crippen LogP contribution in [0.25, 0.3) is 0 Å². The first-order valence-corrected chi connectivity index (χ1v) is 9.03. The second-order valence-corrected chi connectivity index (χ2v) is 6.44. The quantitative estimate of drug-likeness (QED) is 0.805. The number of aromatic nitrogens is 1. The number of alkyl halides is 3. The van der Waals surface area contributed by atoms with Crippen molar-refractivity contribution in [2.45, 2.75) is 50.7 Å². The fourth-order valence-corrected chi connectivity index (χ4v) is 3.49. The fourth-order valence-electron chi connectivity index (χ4n) is 3.49. The van der Waals surface area contributed by atoms with Gasteiger partial charge in [0.2, 0.25) is 5.88 Å². The number of carbonyl (C=O) groups is 1. The van der Waals surface area contributed by atoms with Gasteiger partial charge in [-0.25, -0.2) is 9.78 Å². The first-order valence-electron chi connectivity index (χ1n) is 9.03. The number of carboxylic acid groups (broad SMARTS) is 1. The van der Waals surface area contributed by atoms with Crippen molar-refractivity contribution >= 4 is 5.97 Å². The average Bonchev–Trinajstić information content (AvgIpc) is 3.00. The van der Waals surface area contributed by atoms with E-state index in [0.29, 0.717) is 11.9 Å². The van der Waals surface area contributed by atoms with Gasteiger partial charge in [0.25, 0.3) is 0 Å². The van der Waals surface area contributed by atoms with Crippen molar-refractivity contribution in [2.24, 2.45) is 0 Å². The first-order chi connectivity index (χ1) is 13.3. The molecule has 2 aliphatic heterocycles. The van der Waals surface area contributed by atoms with E-state index in [2.05, 4.69) is 16.0 Å². The SMILES string of the molecule is CCO[C@H]1CN(Cc2cccnc2OC)[C@@H]2CCCO[C@H]12.O=C(O)C(F)(F)F. The number of pyridine rings is 1. The number of fused-ring (bicyclic) bond motifs is 1. The van der Waals surface area contributed by atoms with Crippen LogP contribution in [-0.4, -0.2) is 72.3 Å². The Bertz CT molecular complexity index is 644. The number of hydrogen-bond acceptors (Lipinski definition) is 6. The Morgan fingerprint density at radius 3 is 2.79 bits per heavy atom. The maximum absolute atomic E-state index is 10.6. The van der Waals surface area contributed by atoms with Crippen LogP contribution in [0.2, 0.25) is 0 Å². The number of nitrogens with zero attached hydrogens (tertiary/aromatic N) is 2. The Labute approximate surface area is 161 Å². The van der Waals surface area contributed by atoms with Crippen LogP contribution in [0.3, 0.4) is 0 Å². The number of likely N-dealkylation sites (tertiary alicyclic amines) is 1. The van der Waals surface area contributed by atoms with Crippen LogP contribution < -0.4 is 4.74 Å². The maximum Gasteiger partial charge on any atom is 0.490 e. The molecule has 3 rings (SSSR count). The Balaban J connectivity index is 0.000000345. The number of aliphatic carboxylic acids is 1. The topological polar surface area (TPSA) is 81.1 Å². The van der Waals surface area contributed by atoms with Gasteiger partial charge in [0, 0.05) is 44.1 Å². The Morgan fingerprint density at radius 1 is 1.46 bits per heavy atom. The molecule has 0 saturated carbocycles. The lowest BCUT2D eigenvalue weighted by molar-refractivity contribution is -0.192. The molecule has 1 N–H and O–H groups in total. The van der Waals surface area contributed by atoms with Crippen LogP contribution in [-0.2, 0) is 20.8 Å². The van der Waals surface area contributed by atoms with E-state index >= 15 is 0 Å². The van der Waals surface area contributed by atoms with Gasteiger partial charge in [0.05, 0.1) is 13.2 Å². The van der Waals surface area contributed by atoms with Crippen LogP contribution >= 0.6 is 0 Å². The smallest absolute Gasteiger partial charge is 0.481 e. The van der Waals surface area contributed by atoms with E-state index in [-0.39, 0.29) is 12.2 Å². The molecule has 2 fully saturated rings. The van der Waals surface area contributed by atoms with Gasteiger partial charge in [0.15, 0.2) is 0 Å². The van der Waals surface area contributed by atoms with E-state index in [1.807, 2.05) is 13.0 Å². The molecule has 2 aliphatic rings. The Morgan fingerprint density at radius 2 is 2.18 bits per heavy atom. The zero-order valence-corrected chi connectivity index (χ0v) is 15.8. The molecule has 1 aromatic heterocycles. The molecule has 0 spiro atoms. The second-order valence-electron chi connectivity index (χ2n) is 6.44. The summed E-state index contributed by atoms with van der Waals surface area (Å²) in [6.07, 6.45) is -0.622. The van der Waals surface area contributed by atoms with Gasteiger partial charge in [-0.15, -0.1) is 0 Å². The third-order valence-corrected chi connectivity index (χ3v) is 4.62. The molecular formula is C18H25F3N2O5. The van der Waals surface area contributed by atoms with Gasteiger partial charge in [-0.3, -0.25) is 4.90 Å². The molecule has 0 aliphatic carbocycles. The minimum atomic E-state index is -5.08. The maximum atomic E-state index is 10.6. The van der Waals surface area contributed by atoms with E-state index in [9.17, 15) is 13.2 Å². The third kappa shape index (κ3) is 5.79. The largest absolute Gasteiger partial charge is 0.490 e. The second kappa shape index (κ2) is 10.0. The monoisotopic (exact) mass is 406 g/mol. The van der Waals surface area contributed by atoms with Crippen LogP contribution in [0.4, 0.5) is 13.2 Å². The standard InChI is InChI=1S/C16H24N2O3.C2HF3O2/c1-3-20-14-11-18(13-7-5-9-21-15(13)14)10-12-6-4-8-17-16(12)19-2;3-2(4,5)1(6)7/h4,6,8,13-15H,3,5,7,9-11H2,1-2H3;(H,6,7)/t13-,14+,15+;/m1./s1. The number of hydrogen-bond donors (Lipinski definition) is 1. The summed E-state index contributed by atoms with van der Waals surface area (Å²) >= 11 is 0. The summed E-state index contributed by atoms with van der Waals surface area (Å²) < 4.78 is 49.0. The van der Waals surface area contributed by atoms with Crippen molar-refractivity contribution in [1.82, 2.24) is 9.88 Å². The number of halogens is 3.